The Bertz CT molecular complexity index is 338. The molecule has 0 saturated carbocycles. The lowest BCUT2D eigenvalue weighted by atomic mass is 10.1. The molecule has 0 amide bonds. The monoisotopic (exact) mass is 246 g/mol. The number of aromatic nitrogens is 2. The Hall–Kier alpha value is -0.510. The molecular formula is C9H15BrN2O. The first-order valence-electron chi connectivity index (χ1n) is 4.53. The van der Waals surface area contributed by atoms with E-state index < -0.39 is 0 Å². The summed E-state index contributed by atoms with van der Waals surface area (Å²) in [5, 5.41) is 3.09. The fourth-order valence-corrected chi connectivity index (χ4v) is 1.74. The minimum atomic E-state index is 0.0400. The van der Waals surface area contributed by atoms with Crippen LogP contribution in [0.4, 0.5) is 0 Å². The minimum absolute atomic E-state index is 0.0400. The maximum atomic E-state index is 11.5. The van der Waals surface area contributed by atoms with Crippen LogP contribution in [0, 0.1) is 5.92 Å². The highest BCUT2D eigenvalue weighted by molar-refractivity contribution is 9.10. The average molecular weight is 247 g/mol. The smallest absolute Gasteiger partial charge is 0.281 e. The van der Waals surface area contributed by atoms with Crippen LogP contribution >= 0.6 is 15.9 Å². The molecule has 0 saturated heterocycles. The summed E-state index contributed by atoms with van der Waals surface area (Å²) in [4.78, 5) is 11.5. The van der Waals surface area contributed by atoms with Crippen LogP contribution in [-0.2, 0) is 13.0 Å². The van der Waals surface area contributed by atoms with Crippen molar-refractivity contribution < 1.29 is 0 Å². The average Bonchev–Trinajstić information content (AvgIpc) is 2.32. The molecule has 74 valence electrons. The van der Waals surface area contributed by atoms with Gasteiger partial charge in [-0.15, -0.1) is 0 Å². The van der Waals surface area contributed by atoms with Gasteiger partial charge in [-0.2, -0.15) is 0 Å². The first-order valence-corrected chi connectivity index (χ1v) is 5.32. The summed E-state index contributed by atoms with van der Waals surface area (Å²) in [7, 11) is 0. The van der Waals surface area contributed by atoms with Gasteiger partial charge in [0.1, 0.15) is 4.47 Å². The van der Waals surface area contributed by atoms with Gasteiger partial charge in [-0.3, -0.25) is 14.6 Å². The Balaban J connectivity index is 3.03. The number of nitrogens with zero attached hydrogens (tertiary/aromatic N) is 1. The lowest BCUT2D eigenvalue weighted by Gasteiger charge is -2.01. The number of aryl methyl sites for hydroxylation is 1. The Morgan fingerprint density at radius 2 is 2.15 bits per heavy atom. The van der Waals surface area contributed by atoms with Gasteiger partial charge in [-0.1, -0.05) is 13.8 Å². The highest BCUT2D eigenvalue weighted by atomic mass is 79.9. The zero-order valence-electron chi connectivity index (χ0n) is 8.22. The first kappa shape index (κ1) is 10.6. The molecule has 0 aromatic carbocycles. The second-order valence-electron chi connectivity index (χ2n) is 3.55. The van der Waals surface area contributed by atoms with E-state index in [1.807, 2.05) is 6.92 Å². The maximum Gasteiger partial charge on any atom is 0.281 e. The molecule has 0 spiro atoms. The summed E-state index contributed by atoms with van der Waals surface area (Å²) in [6, 6.07) is 0. The number of aromatic amines is 1. The Labute approximate surface area is 86.3 Å². The third-order valence-corrected chi connectivity index (χ3v) is 2.71. The lowest BCUT2D eigenvalue weighted by molar-refractivity contribution is 0.592. The van der Waals surface area contributed by atoms with Gasteiger partial charge in [-0.05, 0) is 35.2 Å². The van der Waals surface area contributed by atoms with Crippen LogP contribution in [0.1, 0.15) is 26.5 Å². The summed E-state index contributed by atoms with van der Waals surface area (Å²) in [5.74, 6) is 0.555. The van der Waals surface area contributed by atoms with Crippen molar-refractivity contribution in [2.75, 3.05) is 0 Å². The zero-order valence-corrected chi connectivity index (χ0v) is 9.81. The van der Waals surface area contributed by atoms with E-state index in [2.05, 4.69) is 34.9 Å². The molecule has 0 atom stereocenters. The van der Waals surface area contributed by atoms with Gasteiger partial charge < -0.3 is 0 Å². The third-order valence-electron chi connectivity index (χ3n) is 1.90. The topological polar surface area (TPSA) is 37.8 Å². The molecule has 13 heavy (non-hydrogen) atoms. The highest BCUT2D eigenvalue weighted by Crippen LogP contribution is 2.13. The number of rotatable bonds is 3. The molecule has 1 N–H and O–H groups in total. The van der Waals surface area contributed by atoms with E-state index in [1.54, 1.807) is 4.68 Å². The van der Waals surface area contributed by atoms with Crippen molar-refractivity contribution in [3.05, 3.63) is 20.5 Å². The molecule has 3 nitrogen and oxygen atoms in total. The number of halogens is 1. The molecule has 0 aliphatic rings. The molecule has 1 rings (SSSR count). The minimum Gasteiger partial charge on any atom is -0.299 e. The van der Waals surface area contributed by atoms with Crippen LogP contribution in [0.25, 0.3) is 0 Å². The number of hydrogen-bond acceptors (Lipinski definition) is 1. The van der Waals surface area contributed by atoms with Crippen molar-refractivity contribution >= 4 is 15.9 Å². The second kappa shape index (κ2) is 4.13. The van der Waals surface area contributed by atoms with Crippen molar-refractivity contribution in [3.8, 4) is 0 Å². The first-order chi connectivity index (χ1) is 6.06. The SMILES string of the molecule is CCn1[nH]c(CC(C)C)c(Br)c1=O. The van der Waals surface area contributed by atoms with E-state index in [9.17, 15) is 4.79 Å². The van der Waals surface area contributed by atoms with Crippen LogP contribution < -0.4 is 5.56 Å². The van der Waals surface area contributed by atoms with Crippen molar-refractivity contribution in [1.82, 2.24) is 9.78 Å². The Morgan fingerprint density at radius 1 is 1.54 bits per heavy atom. The summed E-state index contributed by atoms with van der Waals surface area (Å²) in [6.07, 6.45) is 0.906. The Kier molecular flexibility index (Phi) is 3.36. The van der Waals surface area contributed by atoms with Crippen molar-refractivity contribution in [2.24, 2.45) is 5.92 Å². The number of H-pyrrole nitrogens is 1. The van der Waals surface area contributed by atoms with Gasteiger partial charge in [0, 0.05) is 6.54 Å². The fraction of sp³-hybridized carbons (Fsp3) is 0.667. The van der Waals surface area contributed by atoms with Crippen LogP contribution in [0.3, 0.4) is 0 Å². The van der Waals surface area contributed by atoms with Gasteiger partial charge in [0.05, 0.1) is 5.69 Å². The molecular weight excluding hydrogens is 232 g/mol. The molecule has 1 aromatic heterocycles. The van der Waals surface area contributed by atoms with Gasteiger partial charge >= 0.3 is 0 Å². The predicted molar refractivity (Wildman–Crippen MR) is 57.0 cm³/mol. The van der Waals surface area contributed by atoms with E-state index in [-0.39, 0.29) is 5.56 Å². The van der Waals surface area contributed by atoms with E-state index >= 15 is 0 Å². The zero-order chi connectivity index (χ0) is 10.0. The lowest BCUT2D eigenvalue weighted by Crippen LogP contribution is -2.15. The quantitative estimate of drug-likeness (QED) is 0.873. The molecule has 1 heterocycles. The largest absolute Gasteiger partial charge is 0.299 e. The molecule has 0 fully saturated rings. The molecule has 1 aromatic rings. The highest BCUT2D eigenvalue weighted by Gasteiger charge is 2.11. The standard InChI is InChI=1S/C9H15BrN2O/c1-4-12-9(13)8(10)7(11-12)5-6(2)3/h6,11H,4-5H2,1-3H3. The third kappa shape index (κ3) is 2.24. The summed E-state index contributed by atoms with van der Waals surface area (Å²) >= 11 is 3.31. The van der Waals surface area contributed by atoms with E-state index in [0.29, 0.717) is 16.9 Å². The van der Waals surface area contributed by atoms with Crippen LogP contribution in [0.2, 0.25) is 0 Å². The molecule has 0 aliphatic heterocycles. The van der Waals surface area contributed by atoms with Crippen LogP contribution in [0.15, 0.2) is 9.27 Å². The van der Waals surface area contributed by atoms with Gasteiger partial charge in [0.25, 0.3) is 5.56 Å². The maximum absolute atomic E-state index is 11.5. The van der Waals surface area contributed by atoms with Crippen LogP contribution in [-0.4, -0.2) is 9.78 Å². The summed E-state index contributed by atoms with van der Waals surface area (Å²) in [5.41, 5.74) is 1.04. The predicted octanol–water partition coefficient (Wildman–Crippen LogP) is 2.16. The number of hydrogen-bond donors (Lipinski definition) is 1. The normalized spacial score (nSPS) is 11.2. The van der Waals surface area contributed by atoms with Gasteiger partial charge in [0.2, 0.25) is 0 Å². The van der Waals surface area contributed by atoms with E-state index in [4.69, 9.17) is 0 Å². The van der Waals surface area contributed by atoms with Crippen molar-refractivity contribution in [2.45, 2.75) is 33.7 Å². The van der Waals surface area contributed by atoms with Crippen molar-refractivity contribution in [1.29, 1.82) is 0 Å². The molecule has 0 aliphatic carbocycles. The molecule has 0 unspecified atom stereocenters. The fourth-order valence-electron chi connectivity index (χ4n) is 1.28. The summed E-state index contributed by atoms with van der Waals surface area (Å²) < 4.78 is 2.30. The van der Waals surface area contributed by atoms with Crippen molar-refractivity contribution in [3.63, 3.8) is 0 Å². The van der Waals surface area contributed by atoms with E-state index in [1.165, 1.54) is 0 Å². The van der Waals surface area contributed by atoms with Gasteiger partial charge in [0.15, 0.2) is 0 Å². The number of nitrogens with one attached hydrogen (secondary N) is 1. The second-order valence-corrected chi connectivity index (χ2v) is 4.34. The molecule has 0 bridgehead atoms. The van der Waals surface area contributed by atoms with Crippen LogP contribution in [0.5, 0.6) is 0 Å². The molecule has 0 radical (unpaired) electrons. The van der Waals surface area contributed by atoms with Gasteiger partial charge in [-0.25, -0.2) is 0 Å². The molecule has 4 heteroatoms. The summed E-state index contributed by atoms with van der Waals surface area (Å²) in [6.45, 7) is 6.90. The van der Waals surface area contributed by atoms with E-state index in [0.717, 1.165) is 12.1 Å². The Morgan fingerprint density at radius 3 is 2.54 bits per heavy atom.